The fourth-order valence-electron chi connectivity index (χ4n) is 3.79. The van der Waals surface area contributed by atoms with Crippen molar-refractivity contribution in [2.75, 3.05) is 0 Å². The first-order chi connectivity index (χ1) is 17.9. The maximum Gasteiger partial charge on any atom is 0.291 e. The second-order valence-electron chi connectivity index (χ2n) is 8.99. The highest BCUT2D eigenvalue weighted by molar-refractivity contribution is 7.89. The van der Waals surface area contributed by atoms with E-state index < -0.39 is 37.8 Å². The van der Waals surface area contributed by atoms with E-state index in [4.69, 9.17) is 0 Å². The minimum absolute atomic E-state index is 0.0916. The van der Waals surface area contributed by atoms with Crippen molar-refractivity contribution in [2.45, 2.75) is 54.0 Å². The van der Waals surface area contributed by atoms with Gasteiger partial charge in [0.25, 0.3) is 6.43 Å². The van der Waals surface area contributed by atoms with E-state index in [0.717, 1.165) is 0 Å². The van der Waals surface area contributed by atoms with E-state index >= 15 is 0 Å². The van der Waals surface area contributed by atoms with Crippen LogP contribution in [0.1, 0.15) is 38.1 Å². The predicted octanol–water partition coefficient (Wildman–Crippen LogP) is 3.34. The molecule has 5 rings (SSSR count). The van der Waals surface area contributed by atoms with Gasteiger partial charge in [0.1, 0.15) is 11.2 Å². The normalized spacial score (nSPS) is 15.7. The Labute approximate surface area is 222 Å². The maximum absolute atomic E-state index is 13.4. The van der Waals surface area contributed by atoms with Crippen LogP contribution in [-0.2, 0) is 27.9 Å². The average molecular weight is 579 g/mol. The van der Waals surface area contributed by atoms with Crippen LogP contribution >= 0.6 is 11.3 Å². The number of hydrogen-bond donors (Lipinski definition) is 1. The third-order valence-electron chi connectivity index (χ3n) is 5.89. The molecule has 1 atom stereocenters. The monoisotopic (exact) mass is 578 g/mol. The number of aromatic nitrogens is 6. The molecule has 1 fully saturated rings. The van der Waals surface area contributed by atoms with Gasteiger partial charge in [-0.25, -0.2) is 27.2 Å². The standard InChI is InChI=1S/C22H20F2N8O3S3/c1-11(2)37(33)21-26-8-12(9-27-21)14-6-13(38(34,35)31-22(10-25)4-5-22)7-15-16(30-32(3)17(14)15)19-28-29-20(36-19)18(23)24/h6-9,11,18,31H,4-5H2,1-3H3. The third-order valence-corrected chi connectivity index (χ3v) is 9.77. The largest absolute Gasteiger partial charge is 0.291 e. The predicted molar refractivity (Wildman–Crippen MR) is 135 cm³/mol. The van der Waals surface area contributed by atoms with Crippen LogP contribution in [0.2, 0.25) is 0 Å². The number of halogens is 2. The molecule has 1 N–H and O–H groups in total. The van der Waals surface area contributed by atoms with Crippen LogP contribution in [0, 0.1) is 11.3 Å². The number of aryl methyl sites for hydroxylation is 1. The van der Waals surface area contributed by atoms with Gasteiger partial charge < -0.3 is 0 Å². The van der Waals surface area contributed by atoms with Crippen molar-refractivity contribution in [1.29, 1.82) is 5.26 Å². The van der Waals surface area contributed by atoms with Crippen molar-refractivity contribution < 1.29 is 21.4 Å². The Morgan fingerprint density at radius 1 is 1.21 bits per heavy atom. The van der Waals surface area contributed by atoms with Crippen molar-refractivity contribution in [3.8, 4) is 27.9 Å². The van der Waals surface area contributed by atoms with Gasteiger partial charge in [-0.15, -0.1) is 10.2 Å². The molecule has 0 spiro atoms. The van der Waals surface area contributed by atoms with E-state index in [2.05, 4.69) is 30.0 Å². The van der Waals surface area contributed by atoms with Gasteiger partial charge in [0.2, 0.25) is 15.2 Å². The van der Waals surface area contributed by atoms with Crippen LogP contribution in [0.5, 0.6) is 0 Å². The molecule has 1 aliphatic rings. The minimum Gasteiger partial charge on any atom is -0.267 e. The Bertz CT molecular complexity index is 1720. The van der Waals surface area contributed by atoms with Crippen molar-refractivity contribution in [3.63, 3.8) is 0 Å². The van der Waals surface area contributed by atoms with E-state index in [-0.39, 0.29) is 26.0 Å². The summed E-state index contributed by atoms with van der Waals surface area (Å²) in [5.41, 5.74) is 0.271. The van der Waals surface area contributed by atoms with E-state index in [9.17, 15) is 26.7 Å². The lowest BCUT2D eigenvalue weighted by Gasteiger charge is -2.13. The molecule has 3 heterocycles. The second kappa shape index (κ2) is 9.49. The van der Waals surface area contributed by atoms with Gasteiger partial charge in [-0.1, -0.05) is 25.2 Å². The van der Waals surface area contributed by atoms with Gasteiger partial charge in [-0.05, 0) is 25.0 Å². The molecule has 0 saturated heterocycles. The number of alkyl halides is 2. The summed E-state index contributed by atoms with van der Waals surface area (Å²) >= 11 is 0.654. The zero-order chi connectivity index (χ0) is 27.4. The Morgan fingerprint density at radius 3 is 2.45 bits per heavy atom. The molecule has 1 saturated carbocycles. The molecule has 0 radical (unpaired) electrons. The zero-order valence-electron chi connectivity index (χ0n) is 20.2. The van der Waals surface area contributed by atoms with Crippen LogP contribution in [0.3, 0.4) is 0 Å². The van der Waals surface area contributed by atoms with Gasteiger partial charge in [0, 0.05) is 41.2 Å². The van der Waals surface area contributed by atoms with E-state index in [1.165, 1.54) is 29.2 Å². The fourth-order valence-corrected chi connectivity index (χ4v) is 6.65. The number of nitrogens with zero attached hydrogens (tertiary/aromatic N) is 7. The SMILES string of the molecule is CC(C)S(=O)c1ncc(-c2cc(S(=O)(=O)NC3(C#N)CC3)cc3c(-c4nnc(C(F)F)s4)nn(C)c23)cn1. The number of nitriles is 1. The van der Waals surface area contributed by atoms with Crippen LogP contribution in [0.25, 0.3) is 32.7 Å². The summed E-state index contributed by atoms with van der Waals surface area (Å²) in [6.07, 6.45) is 0.829. The van der Waals surface area contributed by atoms with Crippen LogP contribution in [0.4, 0.5) is 8.78 Å². The first kappa shape index (κ1) is 26.4. The lowest BCUT2D eigenvalue weighted by molar-refractivity contribution is 0.150. The summed E-state index contributed by atoms with van der Waals surface area (Å²) in [4.78, 5) is 8.28. The smallest absolute Gasteiger partial charge is 0.267 e. The lowest BCUT2D eigenvalue weighted by Crippen LogP contribution is -2.35. The van der Waals surface area contributed by atoms with Gasteiger partial charge in [-0.2, -0.15) is 15.1 Å². The Morgan fingerprint density at radius 2 is 1.89 bits per heavy atom. The molecule has 4 aromatic rings. The molecule has 1 aromatic carbocycles. The Hall–Kier alpha value is -3.26. The summed E-state index contributed by atoms with van der Waals surface area (Å²) in [5, 5.41) is 21.1. The molecule has 38 heavy (non-hydrogen) atoms. The highest BCUT2D eigenvalue weighted by Gasteiger charge is 2.47. The second-order valence-corrected chi connectivity index (χ2v) is 13.6. The molecule has 16 heteroatoms. The maximum atomic E-state index is 13.4. The Kier molecular flexibility index (Phi) is 6.58. The number of nitrogens with one attached hydrogen (secondary N) is 1. The van der Waals surface area contributed by atoms with Crippen molar-refractivity contribution >= 4 is 43.1 Å². The number of hydrogen-bond acceptors (Lipinski definition) is 10. The zero-order valence-corrected chi connectivity index (χ0v) is 22.7. The summed E-state index contributed by atoms with van der Waals surface area (Å²) in [7, 11) is -3.98. The molecular formula is C22H20F2N8O3S3. The molecule has 1 aliphatic carbocycles. The highest BCUT2D eigenvalue weighted by Crippen LogP contribution is 2.40. The number of fused-ring (bicyclic) bond motifs is 1. The van der Waals surface area contributed by atoms with Gasteiger partial charge in [0.15, 0.2) is 10.0 Å². The van der Waals surface area contributed by atoms with Crippen molar-refractivity contribution in [2.24, 2.45) is 7.05 Å². The number of sulfonamides is 1. The minimum atomic E-state index is -4.17. The van der Waals surface area contributed by atoms with Crippen LogP contribution in [-0.4, -0.2) is 53.4 Å². The molecule has 198 valence electrons. The first-order valence-electron chi connectivity index (χ1n) is 11.3. The summed E-state index contributed by atoms with van der Waals surface area (Å²) < 4.78 is 69.4. The molecule has 0 aliphatic heterocycles. The molecule has 1 unspecified atom stereocenters. The summed E-state index contributed by atoms with van der Waals surface area (Å²) in [6, 6.07) is 4.77. The highest BCUT2D eigenvalue weighted by atomic mass is 32.2. The van der Waals surface area contributed by atoms with Gasteiger partial charge >= 0.3 is 0 Å². The van der Waals surface area contributed by atoms with Crippen molar-refractivity contribution in [3.05, 3.63) is 29.5 Å². The number of rotatable bonds is 8. The van der Waals surface area contributed by atoms with Crippen LogP contribution < -0.4 is 4.72 Å². The molecular weight excluding hydrogens is 558 g/mol. The van der Waals surface area contributed by atoms with Gasteiger partial charge in [-0.3, -0.25) is 8.89 Å². The number of benzene rings is 1. The van der Waals surface area contributed by atoms with E-state index in [1.807, 2.05) is 6.07 Å². The van der Waals surface area contributed by atoms with E-state index in [0.29, 0.717) is 46.2 Å². The molecule has 11 nitrogen and oxygen atoms in total. The topological polar surface area (TPSA) is 156 Å². The average Bonchev–Trinajstić information content (AvgIpc) is 3.31. The first-order valence-corrected chi connectivity index (χ1v) is 14.8. The quantitative estimate of drug-likeness (QED) is 0.310. The summed E-state index contributed by atoms with van der Waals surface area (Å²) in [5.74, 6) is 0. The van der Waals surface area contributed by atoms with E-state index in [1.54, 1.807) is 20.9 Å². The van der Waals surface area contributed by atoms with Crippen molar-refractivity contribution in [1.82, 2.24) is 34.7 Å². The van der Waals surface area contributed by atoms with Crippen LogP contribution in [0.15, 0.2) is 34.6 Å². The fraction of sp³-hybridized carbons (Fsp3) is 0.364. The lowest BCUT2D eigenvalue weighted by atomic mass is 10.0. The molecule has 0 bridgehead atoms. The summed E-state index contributed by atoms with van der Waals surface area (Å²) in [6.45, 7) is 3.55. The Balaban J connectivity index is 1.72. The third kappa shape index (κ3) is 4.70. The van der Waals surface area contributed by atoms with Gasteiger partial charge in [0.05, 0.1) is 27.3 Å². The molecule has 0 amide bonds. The molecule has 3 aromatic heterocycles.